The summed E-state index contributed by atoms with van der Waals surface area (Å²) in [4.78, 5) is 0. The molecule has 2 atom stereocenters. The van der Waals surface area contributed by atoms with Crippen molar-refractivity contribution in [3.63, 3.8) is 0 Å². The highest BCUT2D eigenvalue weighted by molar-refractivity contribution is 6.42. The molecule has 0 saturated carbocycles. The van der Waals surface area contributed by atoms with Crippen molar-refractivity contribution in [2.45, 2.75) is 12.2 Å². The monoisotopic (exact) mass is 245 g/mol. The highest BCUT2D eigenvalue weighted by Crippen LogP contribution is 2.40. The lowest BCUT2D eigenvalue weighted by Crippen LogP contribution is -2.38. The van der Waals surface area contributed by atoms with E-state index in [2.05, 4.69) is 5.32 Å². The molecule has 0 amide bonds. The van der Waals surface area contributed by atoms with Crippen LogP contribution in [0, 0.1) is 0 Å². The molecule has 0 aliphatic carbocycles. The van der Waals surface area contributed by atoms with Gasteiger partial charge in [-0.05, 0) is 0 Å². The van der Waals surface area contributed by atoms with Crippen LogP contribution in [-0.2, 0) is 0 Å². The summed E-state index contributed by atoms with van der Waals surface area (Å²) in [6.45, 7) is 1.62. The van der Waals surface area contributed by atoms with E-state index in [1.165, 1.54) is 0 Å². The van der Waals surface area contributed by atoms with Gasteiger partial charge in [0.25, 0.3) is 0 Å². The van der Waals surface area contributed by atoms with Crippen LogP contribution in [0.25, 0.3) is 0 Å². The molecular formula is C10H9Cl2NO2. The van der Waals surface area contributed by atoms with Crippen molar-refractivity contribution in [1.29, 1.82) is 0 Å². The van der Waals surface area contributed by atoms with Crippen LogP contribution in [0.1, 0.15) is 0 Å². The van der Waals surface area contributed by atoms with Gasteiger partial charge in [0.2, 0.25) is 0 Å². The summed E-state index contributed by atoms with van der Waals surface area (Å²) >= 11 is 11.8. The molecule has 80 valence electrons. The molecule has 3 nitrogen and oxygen atoms in total. The Labute approximate surface area is 97.3 Å². The Balaban J connectivity index is 2.00. The Kier molecular flexibility index (Phi) is 2.20. The molecule has 2 heterocycles. The van der Waals surface area contributed by atoms with Gasteiger partial charge in [0, 0.05) is 25.2 Å². The highest BCUT2D eigenvalue weighted by Gasteiger charge is 2.35. The van der Waals surface area contributed by atoms with Crippen molar-refractivity contribution < 1.29 is 9.47 Å². The maximum Gasteiger partial charge on any atom is 0.163 e. The molecule has 0 bridgehead atoms. The summed E-state index contributed by atoms with van der Waals surface area (Å²) in [7, 11) is 0. The lowest BCUT2D eigenvalue weighted by atomic mass is 10.2. The number of nitrogens with one attached hydrogen (secondary N) is 1. The van der Waals surface area contributed by atoms with Crippen LogP contribution in [0.3, 0.4) is 0 Å². The lowest BCUT2D eigenvalue weighted by molar-refractivity contribution is 0.0553. The van der Waals surface area contributed by atoms with Crippen LogP contribution < -0.4 is 14.8 Å². The van der Waals surface area contributed by atoms with Crippen molar-refractivity contribution in [3.8, 4) is 11.5 Å². The van der Waals surface area contributed by atoms with Gasteiger partial charge in [0.1, 0.15) is 12.2 Å². The predicted octanol–water partition coefficient (Wildman–Crippen LogP) is 2.10. The maximum absolute atomic E-state index is 5.91. The molecule has 1 N–H and O–H groups in total. The summed E-state index contributed by atoms with van der Waals surface area (Å²) in [6.07, 6.45) is 0.157. The lowest BCUT2D eigenvalue weighted by Gasteiger charge is -2.29. The molecular weight excluding hydrogens is 237 g/mol. The zero-order valence-corrected chi connectivity index (χ0v) is 9.31. The minimum atomic E-state index is 0.0785. The fraction of sp³-hybridized carbons (Fsp3) is 0.400. The van der Waals surface area contributed by atoms with E-state index >= 15 is 0 Å². The third-order valence-electron chi connectivity index (χ3n) is 2.65. The Morgan fingerprint density at radius 1 is 1.00 bits per heavy atom. The second-order valence-corrected chi connectivity index (χ2v) is 4.50. The molecule has 1 fully saturated rings. The molecule has 15 heavy (non-hydrogen) atoms. The van der Waals surface area contributed by atoms with Crippen molar-refractivity contribution in [2.75, 3.05) is 13.1 Å². The molecule has 1 aromatic rings. The van der Waals surface area contributed by atoms with E-state index in [-0.39, 0.29) is 12.2 Å². The summed E-state index contributed by atoms with van der Waals surface area (Å²) < 4.78 is 11.5. The molecule has 2 aliphatic rings. The maximum atomic E-state index is 5.91. The Morgan fingerprint density at radius 3 is 1.93 bits per heavy atom. The average Bonchev–Trinajstić information content (AvgIpc) is 2.63. The van der Waals surface area contributed by atoms with E-state index in [0.717, 1.165) is 13.1 Å². The van der Waals surface area contributed by atoms with Crippen LogP contribution in [-0.4, -0.2) is 25.3 Å². The number of fused-ring (bicyclic) bond motifs is 2. The quantitative estimate of drug-likeness (QED) is 0.760. The number of hydrogen-bond acceptors (Lipinski definition) is 3. The van der Waals surface area contributed by atoms with Gasteiger partial charge < -0.3 is 14.8 Å². The number of halogens is 2. The van der Waals surface area contributed by atoms with Gasteiger partial charge in [-0.1, -0.05) is 23.2 Å². The number of ether oxygens (including phenoxy) is 2. The Morgan fingerprint density at radius 2 is 1.47 bits per heavy atom. The van der Waals surface area contributed by atoms with E-state index in [4.69, 9.17) is 32.7 Å². The largest absolute Gasteiger partial charge is 0.481 e. The third kappa shape index (κ3) is 1.55. The number of hydrogen-bond donors (Lipinski definition) is 1. The Bertz CT molecular complexity index is 374. The van der Waals surface area contributed by atoms with Gasteiger partial charge in [-0.3, -0.25) is 0 Å². The normalized spacial score (nSPS) is 27.6. The standard InChI is InChI=1S/C10H9Cl2NO2/c11-5-1-7-8(2-6(5)12)15-10-4-13-3-9(10)14-7/h1-2,9-10,13H,3-4H2. The zero-order valence-electron chi connectivity index (χ0n) is 7.80. The topological polar surface area (TPSA) is 30.5 Å². The van der Waals surface area contributed by atoms with Crippen LogP contribution in [0.4, 0.5) is 0 Å². The molecule has 0 aromatic heterocycles. The molecule has 2 aliphatic heterocycles. The molecule has 1 saturated heterocycles. The SMILES string of the molecule is Clc1cc2c(cc1Cl)OC1CNCC1O2. The zero-order chi connectivity index (χ0) is 10.4. The minimum absolute atomic E-state index is 0.0785. The minimum Gasteiger partial charge on any atom is -0.481 e. The van der Waals surface area contributed by atoms with Crippen molar-refractivity contribution in [1.82, 2.24) is 5.32 Å². The van der Waals surface area contributed by atoms with Gasteiger partial charge in [-0.2, -0.15) is 0 Å². The van der Waals surface area contributed by atoms with Crippen LogP contribution in [0.5, 0.6) is 11.5 Å². The Hall–Kier alpha value is -0.640. The first kappa shape index (κ1) is 9.58. The van der Waals surface area contributed by atoms with E-state index < -0.39 is 0 Å². The van der Waals surface area contributed by atoms with E-state index in [9.17, 15) is 0 Å². The second-order valence-electron chi connectivity index (χ2n) is 3.68. The fourth-order valence-corrected chi connectivity index (χ4v) is 2.19. The summed E-state index contributed by atoms with van der Waals surface area (Å²) in [5, 5.41) is 4.19. The van der Waals surface area contributed by atoms with Crippen molar-refractivity contribution >= 4 is 23.2 Å². The first-order valence-corrected chi connectivity index (χ1v) is 5.53. The first-order chi connectivity index (χ1) is 7.24. The van der Waals surface area contributed by atoms with Gasteiger partial charge in [0.15, 0.2) is 11.5 Å². The van der Waals surface area contributed by atoms with Crippen molar-refractivity contribution in [3.05, 3.63) is 22.2 Å². The van der Waals surface area contributed by atoms with Gasteiger partial charge >= 0.3 is 0 Å². The van der Waals surface area contributed by atoms with Gasteiger partial charge in [0.05, 0.1) is 10.0 Å². The van der Waals surface area contributed by atoms with Gasteiger partial charge in [-0.15, -0.1) is 0 Å². The second kappa shape index (κ2) is 3.44. The molecule has 2 unspecified atom stereocenters. The van der Waals surface area contributed by atoms with Gasteiger partial charge in [-0.25, -0.2) is 0 Å². The molecule has 3 rings (SSSR count). The summed E-state index contributed by atoms with van der Waals surface area (Å²) in [5.74, 6) is 1.35. The van der Waals surface area contributed by atoms with E-state index in [1.807, 2.05) is 0 Å². The van der Waals surface area contributed by atoms with Crippen LogP contribution >= 0.6 is 23.2 Å². The predicted molar refractivity (Wildman–Crippen MR) is 58.2 cm³/mol. The number of benzene rings is 1. The van der Waals surface area contributed by atoms with E-state index in [0.29, 0.717) is 21.5 Å². The fourth-order valence-electron chi connectivity index (χ4n) is 1.89. The van der Waals surface area contributed by atoms with Crippen LogP contribution in [0.15, 0.2) is 12.1 Å². The summed E-state index contributed by atoms with van der Waals surface area (Å²) in [6, 6.07) is 3.40. The van der Waals surface area contributed by atoms with Crippen molar-refractivity contribution in [2.24, 2.45) is 0 Å². The van der Waals surface area contributed by atoms with Crippen LogP contribution in [0.2, 0.25) is 10.0 Å². The molecule has 0 spiro atoms. The smallest absolute Gasteiger partial charge is 0.163 e. The molecule has 0 radical (unpaired) electrons. The third-order valence-corrected chi connectivity index (χ3v) is 3.37. The first-order valence-electron chi connectivity index (χ1n) is 4.77. The highest BCUT2D eigenvalue weighted by atomic mass is 35.5. The average molecular weight is 246 g/mol. The number of rotatable bonds is 0. The van der Waals surface area contributed by atoms with E-state index in [1.54, 1.807) is 12.1 Å². The molecule has 5 heteroatoms. The summed E-state index contributed by atoms with van der Waals surface area (Å²) in [5.41, 5.74) is 0. The molecule has 1 aromatic carbocycles.